The summed E-state index contributed by atoms with van der Waals surface area (Å²) in [6.45, 7) is 3.87. The van der Waals surface area contributed by atoms with Gasteiger partial charge in [-0.05, 0) is 94.5 Å². The Morgan fingerprint density at radius 2 is 1.38 bits per heavy atom. The van der Waals surface area contributed by atoms with Crippen LogP contribution in [0.15, 0.2) is 60.4 Å². The van der Waals surface area contributed by atoms with Gasteiger partial charge in [0.25, 0.3) is 0 Å². The largest absolute Gasteiger partial charge is 0.386 e. The molecule has 2 aromatic carbocycles. The number of carbonyl (C=O) groups excluding carboxylic acids is 2. The molecular weight excluding hydrogens is 432 g/mol. The summed E-state index contributed by atoms with van der Waals surface area (Å²) in [4.78, 5) is 45.3. The van der Waals surface area contributed by atoms with E-state index in [0.29, 0.717) is 23.0 Å². The molecule has 34 heavy (non-hydrogen) atoms. The zero-order valence-corrected chi connectivity index (χ0v) is 19.8. The predicted molar refractivity (Wildman–Crippen MR) is 127 cm³/mol. The fourth-order valence-electron chi connectivity index (χ4n) is 4.83. The van der Waals surface area contributed by atoms with E-state index in [2.05, 4.69) is 0 Å². The molecule has 1 atom stereocenters. The van der Waals surface area contributed by atoms with Gasteiger partial charge in [0, 0.05) is 6.42 Å². The van der Waals surface area contributed by atoms with Crippen LogP contribution in [0.5, 0.6) is 0 Å². The van der Waals surface area contributed by atoms with E-state index in [1.807, 2.05) is 44.2 Å². The number of carbonyl (C=O) groups is 2. The standard InChI is InChI=1S/C28H32O6/c1-19-5-3-7-23(17-19)27(29)33-31-25-13-9-21(10-14-25)22-11-15-26(16-12-22)32-34-28(30)24-8-4-6-20(2)18-24/h3-8,13,17-18,21-22,26H,9-12,14-16H2,1-2H3. The van der Waals surface area contributed by atoms with Crippen LogP contribution in [0.1, 0.15) is 76.8 Å². The molecule has 0 heterocycles. The van der Waals surface area contributed by atoms with Crippen LogP contribution in [-0.2, 0) is 19.6 Å². The van der Waals surface area contributed by atoms with Crippen LogP contribution in [0, 0.1) is 25.7 Å². The molecule has 1 saturated carbocycles. The van der Waals surface area contributed by atoms with Gasteiger partial charge in [0.05, 0.1) is 11.1 Å². The van der Waals surface area contributed by atoms with Gasteiger partial charge in [-0.2, -0.15) is 4.89 Å². The second kappa shape index (κ2) is 11.3. The Bertz CT molecular complexity index is 1030. The van der Waals surface area contributed by atoms with Crippen LogP contribution in [0.25, 0.3) is 0 Å². The molecule has 1 unspecified atom stereocenters. The molecule has 1 fully saturated rings. The summed E-state index contributed by atoms with van der Waals surface area (Å²) in [5, 5.41) is 0. The Morgan fingerprint density at radius 3 is 1.94 bits per heavy atom. The molecule has 0 aliphatic heterocycles. The highest BCUT2D eigenvalue weighted by atomic mass is 17.2. The van der Waals surface area contributed by atoms with Crippen molar-refractivity contribution in [1.82, 2.24) is 0 Å². The number of hydrogen-bond donors (Lipinski definition) is 0. The smallest absolute Gasteiger partial charge is 0.293 e. The predicted octanol–water partition coefficient (Wildman–Crippen LogP) is 6.42. The summed E-state index contributed by atoms with van der Waals surface area (Å²) in [6.07, 6.45) is 8.52. The molecule has 0 saturated heterocycles. The molecule has 6 heteroatoms. The normalized spacial score (nSPS) is 22.4. The molecule has 0 amide bonds. The van der Waals surface area contributed by atoms with Crippen LogP contribution < -0.4 is 0 Å². The first kappa shape index (κ1) is 24.0. The van der Waals surface area contributed by atoms with E-state index < -0.39 is 11.9 Å². The van der Waals surface area contributed by atoms with Gasteiger partial charge in [0.15, 0.2) is 5.76 Å². The van der Waals surface area contributed by atoms with Crippen molar-refractivity contribution in [3.63, 3.8) is 0 Å². The molecule has 180 valence electrons. The van der Waals surface area contributed by atoms with E-state index in [1.165, 1.54) is 0 Å². The first-order valence-electron chi connectivity index (χ1n) is 12.1. The lowest BCUT2D eigenvalue weighted by atomic mass is 9.74. The quantitative estimate of drug-likeness (QED) is 0.348. The van der Waals surface area contributed by atoms with Crippen LogP contribution in [0.2, 0.25) is 0 Å². The summed E-state index contributed by atoms with van der Waals surface area (Å²) in [7, 11) is 0. The summed E-state index contributed by atoms with van der Waals surface area (Å²) < 4.78 is 0. The molecule has 0 N–H and O–H groups in total. The lowest BCUT2D eigenvalue weighted by molar-refractivity contribution is -0.281. The number of rotatable bonds is 7. The van der Waals surface area contributed by atoms with E-state index in [9.17, 15) is 9.59 Å². The Balaban J connectivity index is 1.16. The summed E-state index contributed by atoms with van der Waals surface area (Å²) in [6, 6.07) is 14.5. The number of hydrogen-bond acceptors (Lipinski definition) is 6. The average molecular weight is 465 g/mol. The third kappa shape index (κ3) is 6.48. The summed E-state index contributed by atoms with van der Waals surface area (Å²) in [5.41, 5.74) is 3.00. The van der Waals surface area contributed by atoms with Crippen molar-refractivity contribution < 1.29 is 29.1 Å². The first-order chi connectivity index (χ1) is 16.5. The van der Waals surface area contributed by atoms with E-state index in [-0.39, 0.29) is 6.10 Å². The van der Waals surface area contributed by atoms with Crippen molar-refractivity contribution in [2.75, 3.05) is 0 Å². The Hall–Kier alpha value is -3.12. The maximum absolute atomic E-state index is 12.2. The van der Waals surface area contributed by atoms with Gasteiger partial charge >= 0.3 is 11.9 Å². The number of aryl methyl sites for hydroxylation is 2. The van der Waals surface area contributed by atoms with E-state index in [4.69, 9.17) is 19.6 Å². The van der Waals surface area contributed by atoms with Crippen molar-refractivity contribution in [1.29, 1.82) is 0 Å². The van der Waals surface area contributed by atoms with Crippen LogP contribution in [0.4, 0.5) is 0 Å². The Labute approximate surface area is 200 Å². The molecule has 6 nitrogen and oxygen atoms in total. The SMILES string of the molecule is Cc1cccc(C(=O)OOC2=CCC(C3CCC(OOC(=O)c4cccc(C)c4)CC3)CC2)c1. The fourth-order valence-corrected chi connectivity index (χ4v) is 4.83. The van der Waals surface area contributed by atoms with Crippen molar-refractivity contribution >= 4 is 11.9 Å². The van der Waals surface area contributed by atoms with Gasteiger partial charge in [-0.25, -0.2) is 14.5 Å². The molecule has 4 rings (SSSR count). The van der Waals surface area contributed by atoms with E-state index in [0.717, 1.165) is 61.8 Å². The molecule has 0 radical (unpaired) electrons. The highest BCUT2D eigenvalue weighted by Gasteiger charge is 2.30. The minimum atomic E-state index is -0.479. The molecular formula is C28H32O6. The average Bonchev–Trinajstić information content (AvgIpc) is 2.86. The maximum Gasteiger partial charge on any atom is 0.386 e. The van der Waals surface area contributed by atoms with Gasteiger partial charge < -0.3 is 0 Å². The zero-order chi connectivity index (χ0) is 23.9. The molecule has 2 aromatic rings. The number of allylic oxidation sites excluding steroid dienone is 2. The third-order valence-electron chi connectivity index (χ3n) is 6.79. The van der Waals surface area contributed by atoms with Crippen molar-refractivity contribution in [3.05, 3.63) is 82.6 Å². The van der Waals surface area contributed by atoms with E-state index in [1.54, 1.807) is 24.3 Å². The van der Waals surface area contributed by atoms with Crippen molar-refractivity contribution in [2.24, 2.45) is 11.8 Å². The zero-order valence-electron chi connectivity index (χ0n) is 19.8. The highest BCUT2D eigenvalue weighted by Crippen LogP contribution is 2.38. The first-order valence-corrected chi connectivity index (χ1v) is 12.1. The van der Waals surface area contributed by atoms with Crippen LogP contribution in [0.3, 0.4) is 0 Å². The molecule has 2 aliphatic carbocycles. The fraction of sp³-hybridized carbons (Fsp3) is 0.429. The van der Waals surface area contributed by atoms with Crippen LogP contribution in [-0.4, -0.2) is 18.0 Å². The van der Waals surface area contributed by atoms with Gasteiger partial charge in [0.1, 0.15) is 6.10 Å². The van der Waals surface area contributed by atoms with Gasteiger partial charge in [0.2, 0.25) is 0 Å². The molecule has 0 bridgehead atoms. The van der Waals surface area contributed by atoms with Gasteiger partial charge in [-0.1, -0.05) is 35.4 Å². The van der Waals surface area contributed by atoms with Gasteiger partial charge in [-0.3, -0.25) is 9.78 Å². The minimum absolute atomic E-state index is 0.0518. The van der Waals surface area contributed by atoms with Crippen molar-refractivity contribution in [2.45, 2.75) is 64.9 Å². The lowest BCUT2D eigenvalue weighted by Gasteiger charge is -2.34. The lowest BCUT2D eigenvalue weighted by Crippen LogP contribution is -2.28. The van der Waals surface area contributed by atoms with Gasteiger partial charge in [-0.15, -0.1) is 0 Å². The molecule has 0 spiro atoms. The maximum atomic E-state index is 12.2. The topological polar surface area (TPSA) is 71.1 Å². The number of benzene rings is 2. The molecule has 2 aliphatic rings. The van der Waals surface area contributed by atoms with Crippen LogP contribution >= 0.6 is 0 Å². The second-order valence-corrected chi connectivity index (χ2v) is 9.40. The highest BCUT2D eigenvalue weighted by molar-refractivity contribution is 5.89. The second-order valence-electron chi connectivity index (χ2n) is 9.40. The minimum Gasteiger partial charge on any atom is -0.293 e. The Morgan fingerprint density at radius 1 is 0.765 bits per heavy atom. The third-order valence-corrected chi connectivity index (χ3v) is 6.79. The Kier molecular flexibility index (Phi) is 8.01. The van der Waals surface area contributed by atoms with E-state index >= 15 is 0 Å². The molecule has 0 aromatic heterocycles. The summed E-state index contributed by atoms with van der Waals surface area (Å²) >= 11 is 0. The van der Waals surface area contributed by atoms with Crippen molar-refractivity contribution in [3.8, 4) is 0 Å². The monoisotopic (exact) mass is 464 g/mol. The summed E-state index contributed by atoms with van der Waals surface area (Å²) in [5.74, 6) is 0.986.